The maximum absolute atomic E-state index is 13.6. The summed E-state index contributed by atoms with van der Waals surface area (Å²) >= 11 is 2.88. The molecule has 28 heavy (non-hydrogen) atoms. The summed E-state index contributed by atoms with van der Waals surface area (Å²) in [5.74, 6) is -1.76. The van der Waals surface area contributed by atoms with Crippen LogP contribution in [0.2, 0.25) is 0 Å². The minimum Gasteiger partial charge on any atom is -0.341 e. The number of hydrogen-bond donors (Lipinski definition) is 3. The Kier molecular flexibility index (Phi) is 5.97. The molecule has 0 spiro atoms. The first-order valence-corrected chi connectivity index (χ1v) is 10.7. The lowest BCUT2D eigenvalue weighted by Gasteiger charge is -2.35. The molecule has 9 heteroatoms. The van der Waals surface area contributed by atoms with Gasteiger partial charge in [0, 0.05) is 21.6 Å². The lowest BCUT2D eigenvalue weighted by atomic mass is 10.1. The molecule has 1 heterocycles. The van der Waals surface area contributed by atoms with Crippen LogP contribution >= 0.6 is 23.5 Å². The van der Waals surface area contributed by atoms with E-state index < -0.39 is 17.5 Å². The predicted octanol–water partition coefficient (Wildman–Crippen LogP) is 4.76. The second-order valence-corrected chi connectivity index (χ2v) is 7.66. The van der Waals surface area contributed by atoms with E-state index in [1.54, 1.807) is 24.3 Å². The molecule has 0 bridgehead atoms. The molecule has 0 amide bonds. The Hall–Kier alpha value is -2.10. The summed E-state index contributed by atoms with van der Waals surface area (Å²) in [5, 5.41) is 5.65. The molecule has 1 aliphatic heterocycles. The van der Waals surface area contributed by atoms with Crippen molar-refractivity contribution in [2.45, 2.75) is 21.8 Å². The van der Waals surface area contributed by atoms with Crippen molar-refractivity contribution in [1.29, 1.82) is 0 Å². The number of nitrogens with one attached hydrogen (secondary N) is 2. The molecule has 2 aromatic carbocycles. The Morgan fingerprint density at radius 1 is 1.00 bits per heavy atom. The number of hydrogen-bond acceptors (Lipinski definition) is 6. The first-order chi connectivity index (χ1) is 13.3. The van der Waals surface area contributed by atoms with Crippen LogP contribution in [0, 0.1) is 0 Å². The second-order valence-electron chi connectivity index (χ2n) is 5.96. The quantitative estimate of drug-likeness (QED) is 0.604. The number of nitrogens with two attached hydrogens (primary N) is 1. The number of para-hydroxylation sites is 1. The third-order valence-electron chi connectivity index (χ3n) is 4.17. The van der Waals surface area contributed by atoms with Crippen molar-refractivity contribution >= 4 is 35.4 Å². The maximum Gasteiger partial charge on any atom is 0.421 e. The van der Waals surface area contributed by atoms with E-state index in [4.69, 9.17) is 5.73 Å². The molecule has 0 fully saturated rings. The van der Waals surface area contributed by atoms with Gasteiger partial charge in [0.25, 0.3) is 0 Å². The number of halogens is 3. The maximum atomic E-state index is 13.6. The van der Waals surface area contributed by atoms with Crippen molar-refractivity contribution in [3.63, 3.8) is 0 Å². The average molecular weight is 425 g/mol. The molecular weight excluding hydrogens is 405 g/mol. The summed E-state index contributed by atoms with van der Waals surface area (Å²) in [6.45, 7) is 0. The smallest absolute Gasteiger partial charge is 0.341 e. The second kappa shape index (κ2) is 8.10. The number of anilines is 1. The average Bonchev–Trinajstić information content (AvgIpc) is 2.67. The zero-order valence-electron chi connectivity index (χ0n) is 15.2. The molecule has 0 radical (unpaired) electrons. The van der Waals surface area contributed by atoms with Gasteiger partial charge in [0.1, 0.15) is 11.4 Å². The highest BCUT2D eigenvalue weighted by Gasteiger charge is 2.42. The van der Waals surface area contributed by atoms with Gasteiger partial charge in [-0.25, -0.2) is 4.99 Å². The Bertz CT molecular complexity index is 927. The van der Waals surface area contributed by atoms with Crippen LogP contribution < -0.4 is 16.4 Å². The third-order valence-corrected chi connectivity index (χ3v) is 5.76. The zero-order chi connectivity index (χ0) is 20.4. The fourth-order valence-electron chi connectivity index (χ4n) is 2.81. The van der Waals surface area contributed by atoms with Crippen LogP contribution in [0.1, 0.15) is 5.56 Å². The summed E-state index contributed by atoms with van der Waals surface area (Å²) in [6.07, 6.45) is -0.0675. The lowest BCUT2D eigenvalue weighted by molar-refractivity contribution is -0.0871. The minimum atomic E-state index is -4.59. The molecule has 3 rings (SSSR count). The number of benzene rings is 2. The fourth-order valence-corrected chi connectivity index (χ4v) is 4.03. The van der Waals surface area contributed by atoms with E-state index in [0.29, 0.717) is 11.3 Å². The summed E-state index contributed by atoms with van der Waals surface area (Å²) in [5.41, 5.74) is 6.64. The van der Waals surface area contributed by atoms with Crippen molar-refractivity contribution in [2.75, 3.05) is 17.8 Å². The molecule has 0 aliphatic carbocycles. The minimum absolute atomic E-state index is 0.234. The first kappa shape index (κ1) is 20.6. The molecular formula is C19H19F3N4S2. The number of allylic oxidation sites excluding steroid dienone is 1. The molecule has 148 valence electrons. The van der Waals surface area contributed by atoms with Crippen LogP contribution in [0.5, 0.6) is 0 Å². The van der Waals surface area contributed by atoms with Crippen LogP contribution in [-0.2, 0) is 5.79 Å². The predicted molar refractivity (Wildman–Crippen MR) is 111 cm³/mol. The molecule has 2 aromatic rings. The standard InChI is InChI=1S/C19H19F3N4S2/c1-27-15-9-5-3-7-12(15)19(23)24-11-13(18(20,21)22)17(26-19)25-14-8-4-6-10-16(14)28-2/h3-11,25-26H,23H2,1-2H3. The summed E-state index contributed by atoms with van der Waals surface area (Å²) < 4.78 is 40.8. The summed E-state index contributed by atoms with van der Waals surface area (Å²) in [4.78, 5) is 5.67. The van der Waals surface area contributed by atoms with Gasteiger partial charge in [-0.15, -0.1) is 23.5 Å². The lowest BCUT2D eigenvalue weighted by Crippen LogP contribution is -2.53. The molecule has 4 N–H and O–H groups in total. The van der Waals surface area contributed by atoms with Gasteiger partial charge >= 0.3 is 6.18 Å². The first-order valence-electron chi connectivity index (χ1n) is 8.26. The number of alkyl halides is 3. The van der Waals surface area contributed by atoms with Crippen LogP contribution in [0.4, 0.5) is 18.9 Å². The SMILES string of the molecule is CSc1ccccc1NC1=C(C(F)(F)F)C=NC(N)(c2ccccc2SC)N1. The molecule has 1 aliphatic rings. The zero-order valence-corrected chi connectivity index (χ0v) is 16.8. The van der Waals surface area contributed by atoms with Crippen molar-refractivity contribution < 1.29 is 13.2 Å². The van der Waals surface area contributed by atoms with Crippen LogP contribution in [0.25, 0.3) is 0 Å². The molecule has 0 saturated heterocycles. The molecule has 4 nitrogen and oxygen atoms in total. The number of aliphatic imine (C=N–C) groups is 1. The highest BCUT2D eigenvalue weighted by molar-refractivity contribution is 7.99. The topological polar surface area (TPSA) is 62.4 Å². The van der Waals surface area contributed by atoms with Crippen LogP contribution in [0.15, 0.2) is 74.7 Å². The normalized spacial score (nSPS) is 19.5. The van der Waals surface area contributed by atoms with E-state index in [1.807, 2.05) is 36.8 Å². The number of thioether (sulfide) groups is 2. The van der Waals surface area contributed by atoms with E-state index in [0.717, 1.165) is 16.0 Å². The van der Waals surface area contributed by atoms with Crippen molar-refractivity contribution in [2.24, 2.45) is 10.7 Å². The fraction of sp³-hybridized carbons (Fsp3) is 0.211. The van der Waals surface area contributed by atoms with Crippen molar-refractivity contribution in [1.82, 2.24) is 5.32 Å². The van der Waals surface area contributed by atoms with Gasteiger partial charge in [0.15, 0.2) is 0 Å². The van der Waals surface area contributed by atoms with Crippen LogP contribution in [0.3, 0.4) is 0 Å². The Morgan fingerprint density at radius 2 is 1.61 bits per heavy atom. The van der Waals surface area contributed by atoms with E-state index in [9.17, 15) is 13.2 Å². The molecule has 1 atom stereocenters. The van der Waals surface area contributed by atoms with Gasteiger partial charge in [0.2, 0.25) is 5.79 Å². The highest BCUT2D eigenvalue weighted by atomic mass is 32.2. The summed E-state index contributed by atoms with van der Waals surface area (Å²) in [7, 11) is 0. The highest BCUT2D eigenvalue weighted by Crippen LogP contribution is 2.36. The van der Waals surface area contributed by atoms with Crippen molar-refractivity contribution in [3.8, 4) is 0 Å². The summed E-state index contributed by atoms with van der Waals surface area (Å²) in [6, 6.07) is 14.4. The van der Waals surface area contributed by atoms with Crippen LogP contribution in [-0.4, -0.2) is 24.9 Å². The number of nitrogens with zero attached hydrogens (tertiary/aromatic N) is 1. The number of rotatable bonds is 5. The largest absolute Gasteiger partial charge is 0.421 e. The van der Waals surface area contributed by atoms with E-state index in [2.05, 4.69) is 15.6 Å². The van der Waals surface area contributed by atoms with Gasteiger partial charge in [-0.05, 0) is 30.7 Å². The van der Waals surface area contributed by atoms with Gasteiger partial charge in [-0.3, -0.25) is 5.73 Å². The van der Waals surface area contributed by atoms with Gasteiger partial charge in [-0.2, -0.15) is 13.2 Å². The third kappa shape index (κ3) is 4.16. The molecule has 1 unspecified atom stereocenters. The van der Waals surface area contributed by atoms with Gasteiger partial charge in [0.05, 0.1) is 5.69 Å². The van der Waals surface area contributed by atoms with E-state index in [1.165, 1.54) is 23.5 Å². The van der Waals surface area contributed by atoms with Gasteiger partial charge < -0.3 is 10.6 Å². The van der Waals surface area contributed by atoms with Gasteiger partial charge in [-0.1, -0.05) is 30.3 Å². The molecule has 0 aromatic heterocycles. The van der Waals surface area contributed by atoms with E-state index in [-0.39, 0.29) is 5.82 Å². The molecule has 0 saturated carbocycles. The van der Waals surface area contributed by atoms with Crippen molar-refractivity contribution in [3.05, 3.63) is 65.5 Å². The Balaban J connectivity index is 2.05. The Labute approximate surface area is 169 Å². The van der Waals surface area contributed by atoms with E-state index >= 15 is 0 Å². The Morgan fingerprint density at radius 3 is 2.25 bits per heavy atom. The monoisotopic (exact) mass is 424 g/mol.